The molecule has 0 bridgehead atoms. The Morgan fingerprint density at radius 3 is 1.77 bits per heavy atom. The summed E-state index contributed by atoms with van der Waals surface area (Å²) in [5, 5.41) is 15.6. The Bertz CT molecular complexity index is 829. The fourth-order valence-corrected chi connectivity index (χ4v) is 3.70. The Balaban J connectivity index is 0.000000343. The number of hydrogen-bond donors (Lipinski definition) is 2. The maximum Gasteiger partial charge on any atom is 0.328 e. The molecule has 0 spiro atoms. The van der Waals surface area contributed by atoms with Crippen LogP contribution in [-0.4, -0.2) is 54.2 Å². The van der Waals surface area contributed by atoms with Gasteiger partial charge in [0.2, 0.25) is 0 Å². The highest BCUT2D eigenvalue weighted by atomic mass is 16.4. The molecule has 0 aromatic heterocycles. The molecule has 1 aliphatic heterocycles. The highest BCUT2D eigenvalue weighted by Crippen LogP contribution is 2.36. The summed E-state index contributed by atoms with van der Waals surface area (Å²) < 4.78 is 0. The smallest absolute Gasteiger partial charge is 0.328 e. The molecule has 0 fully saturated rings. The second kappa shape index (κ2) is 11.2. The maximum absolute atomic E-state index is 9.55. The molecule has 1 atom stereocenters. The van der Waals surface area contributed by atoms with Gasteiger partial charge in [-0.3, -0.25) is 0 Å². The van der Waals surface area contributed by atoms with Gasteiger partial charge in [0.15, 0.2) is 0 Å². The number of anilines is 2. The normalized spacial score (nSPS) is 13.7. The topological polar surface area (TPSA) is 81.1 Å². The third kappa shape index (κ3) is 7.04. The van der Waals surface area contributed by atoms with Gasteiger partial charge in [0.05, 0.1) is 0 Å². The lowest BCUT2D eigenvalue weighted by molar-refractivity contribution is -0.134. The van der Waals surface area contributed by atoms with E-state index in [0.717, 1.165) is 25.9 Å². The molecular formula is C24H30N2O4. The number of carbonyl (C=O) groups is 2. The number of hydrogen-bond acceptors (Lipinski definition) is 4. The Morgan fingerprint density at radius 2 is 1.37 bits per heavy atom. The zero-order valence-corrected chi connectivity index (χ0v) is 17.8. The molecule has 30 heavy (non-hydrogen) atoms. The van der Waals surface area contributed by atoms with Crippen LogP contribution in [0.2, 0.25) is 0 Å². The Morgan fingerprint density at radius 1 is 0.933 bits per heavy atom. The molecule has 1 aliphatic rings. The van der Waals surface area contributed by atoms with Crippen LogP contribution >= 0.6 is 0 Å². The zero-order chi connectivity index (χ0) is 22.1. The summed E-state index contributed by atoms with van der Waals surface area (Å²) in [4.78, 5) is 23.9. The van der Waals surface area contributed by atoms with E-state index in [9.17, 15) is 9.59 Å². The second-order valence-electron chi connectivity index (χ2n) is 7.75. The van der Waals surface area contributed by atoms with E-state index in [0.29, 0.717) is 18.1 Å². The number of rotatable bonds is 6. The van der Waals surface area contributed by atoms with Gasteiger partial charge in [-0.25, -0.2) is 9.59 Å². The third-order valence-electron chi connectivity index (χ3n) is 4.77. The quantitative estimate of drug-likeness (QED) is 0.705. The number of para-hydroxylation sites is 2. The number of nitrogens with zero attached hydrogens (tertiary/aromatic N) is 2. The summed E-state index contributed by atoms with van der Waals surface area (Å²) in [5.74, 6) is -1.89. The standard InChI is InChI=1S/C20H26N2.C4H4O4/c1-16(14-21(2)3)15-22-19-10-6-4-8-17(19)12-13-18-9-5-7-11-20(18)22;5-3(6)1-2-4(7)8/h4-11,16H,12-15H2,1-3H3;1-2H,(H,5,6)(H,7,8). The van der Waals surface area contributed by atoms with Gasteiger partial charge < -0.3 is 20.0 Å². The molecule has 0 aliphatic carbocycles. The first kappa shape index (κ1) is 23.2. The minimum Gasteiger partial charge on any atom is -0.478 e. The van der Waals surface area contributed by atoms with Crippen molar-refractivity contribution in [1.82, 2.24) is 4.90 Å². The van der Waals surface area contributed by atoms with Crippen LogP contribution in [0.25, 0.3) is 0 Å². The van der Waals surface area contributed by atoms with Crippen molar-refractivity contribution in [3.05, 3.63) is 71.8 Å². The highest BCUT2D eigenvalue weighted by Gasteiger charge is 2.21. The van der Waals surface area contributed by atoms with Crippen molar-refractivity contribution in [2.24, 2.45) is 5.92 Å². The third-order valence-corrected chi connectivity index (χ3v) is 4.77. The number of carboxylic acid groups (broad SMARTS) is 2. The monoisotopic (exact) mass is 410 g/mol. The van der Waals surface area contributed by atoms with Gasteiger partial charge in [0.1, 0.15) is 0 Å². The number of carboxylic acids is 2. The average molecular weight is 411 g/mol. The molecule has 0 saturated heterocycles. The number of benzene rings is 2. The van der Waals surface area contributed by atoms with Crippen molar-refractivity contribution in [3.63, 3.8) is 0 Å². The van der Waals surface area contributed by atoms with Crippen molar-refractivity contribution in [2.75, 3.05) is 32.1 Å². The van der Waals surface area contributed by atoms with E-state index in [-0.39, 0.29) is 0 Å². The van der Waals surface area contributed by atoms with Crippen LogP contribution in [0.1, 0.15) is 18.1 Å². The summed E-state index contributed by atoms with van der Waals surface area (Å²) >= 11 is 0. The van der Waals surface area contributed by atoms with Gasteiger partial charge >= 0.3 is 11.9 Å². The van der Waals surface area contributed by atoms with Gasteiger partial charge in [-0.15, -0.1) is 0 Å². The molecule has 3 rings (SSSR count). The summed E-state index contributed by atoms with van der Waals surface area (Å²) in [7, 11) is 4.31. The summed E-state index contributed by atoms with van der Waals surface area (Å²) in [6.45, 7) is 4.52. The predicted molar refractivity (Wildman–Crippen MR) is 119 cm³/mol. The van der Waals surface area contributed by atoms with Gasteiger partial charge in [-0.1, -0.05) is 43.3 Å². The van der Waals surface area contributed by atoms with E-state index >= 15 is 0 Å². The van der Waals surface area contributed by atoms with Gasteiger partial charge in [-0.05, 0) is 56.1 Å². The van der Waals surface area contributed by atoms with E-state index in [1.54, 1.807) is 0 Å². The maximum atomic E-state index is 9.55. The number of aryl methyl sites for hydroxylation is 2. The minimum atomic E-state index is -1.26. The molecule has 160 valence electrons. The first-order chi connectivity index (χ1) is 14.3. The summed E-state index contributed by atoms with van der Waals surface area (Å²) in [6.07, 6.45) is 3.38. The lowest BCUT2D eigenvalue weighted by atomic mass is 10.0. The molecule has 1 unspecified atom stereocenters. The summed E-state index contributed by atoms with van der Waals surface area (Å²) in [6, 6.07) is 17.8. The molecule has 0 amide bonds. The van der Waals surface area contributed by atoms with Crippen molar-refractivity contribution in [1.29, 1.82) is 0 Å². The average Bonchev–Trinajstić information content (AvgIpc) is 2.84. The van der Waals surface area contributed by atoms with E-state index in [2.05, 4.69) is 79.3 Å². The number of fused-ring (bicyclic) bond motifs is 2. The van der Waals surface area contributed by atoms with Gasteiger partial charge in [0.25, 0.3) is 0 Å². The van der Waals surface area contributed by atoms with Crippen molar-refractivity contribution in [2.45, 2.75) is 19.8 Å². The zero-order valence-electron chi connectivity index (χ0n) is 17.8. The van der Waals surface area contributed by atoms with Crippen LogP contribution in [0.4, 0.5) is 11.4 Å². The van der Waals surface area contributed by atoms with E-state index in [4.69, 9.17) is 10.2 Å². The Hall–Kier alpha value is -3.12. The fraction of sp³-hybridized carbons (Fsp3) is 0.333. The van der Waals surface area contributed by atoms with Crippen LogP contribution in [0.5, 0.6) is 0 Å². The van der Waals surface area contributed by atoms with Crippen LogP contribution in [0, 0.1) is 5.92 Å². The molecule has 0 saturated carbocycles. The first-order valence-corrected chi connectivity index (χ1v) is 10.00. The SMILES string of the molecule is CC(CN(C)C)CN1c2ccccc2CCc2ccccc21.O=C(O)C=CC(=O)O. The predicted octanol–water partition coefficient (Wildman–Crippen LogP) is 3.83. The van der Waals surface area contributed by atoms with E-state index in [1.807, 2.05) is 0 Å². The molecule has 1 heterocycles. The minimum absolute atomic E-state index is 0.558. The van der Waals surface area contributed by atoms with Crippen LogP contribution in [0.15, 0.2) is 60.7 Å². The Labute approximate surface area is 178 Å². The van der Waals surface area contributed by atoms with Crippen molar-refractivity contribution in [3.8, 4) is 0 Å². The fourth-order valence-electron chi connectivity index (χ4n) is 3.70. The lowest BCUT2D eigenvalue weighted by Gasteiger charge is -2.30. The van der Waals surface area contributed by atoms with Gasteiger partial charge in [-0.2, -0.15) is 0 Å². The lowest BCUT2D eigenvalue weighted by Crippen LogP contribution is -2.30. The van der Waals surface area contributed by atoms with E-state index < -0.39 is 11.9 Å². The van der Waals surface area contributed by atoms with E-state index in [1.165, 1.54) is 22.5 Å². The van der Waals surface area contributed by atoms with Gasteiger partial charge in [0, 0.05) is 36.6 Å². The van der Waals surface area contributed by atoms with Crippen LogP contribution in [0.3, 0.4) is 0 Å². The molecule has 2 aromatic carbocycles. The molecule has 6 nitrogen and oxygen atoms in total. The first-order valence-electron chi connectivity index (χ1n) is 10.00. The molecule has 6 heteroatoms. The molecule has 2 N–H and O–H groups in total. The second-order valence-corrected chi connectivity index (χ2v) is 7.75. The Kier molecular flexibility index (Phi) is 8.62. The van der Waals surface area contributed by atoms with Crippen LogP contribution in [-0.2, 0) is 22.4 Å². The molecule has 0 radical (unpaired) electrons. The van der Waals surface area contributed by atoms with Crippen molar-refractivity contribution < 1.29 is 19.8 Å². The highest BCUT2D eigenvalue weighted by molar-refractivity contribution is 5.89. The number of aliphatic carboxylic acids is 2. The van der Waals surface area contributed by atoms with Crippen LogP contribution < -0.4 is 4.90 Å². The molecule has 2 aromatic rings. The summed E-state index contributed by atoms with van der Waals surface area (Å²) in [5.41, 5.74) is 5.71. The largest absolute Gasteiger partial charge is 0.478 e. The van der Waals surface area contributed by atoms with Crippen molar-refractivity contribution >= 4 is 23.3 Å². The molecular weight excluding hydrogens is 380 g/mol.